The highest BCUT2D eigenvalue weighted by molar-refractivity contribution is 6.74. The summed E-state index contributed by atoms with van der Waals surface area (Å²) in [5.41, 5.74) is 1.64. The Hall–Kier alpha value is -2.94. The predicted molar refractivity (Wildman–Crippen MR) is 317 cm³/mol. The van der Waals surface area contributed by atoms with Gasteiger partial charge in [-0.1, -0.05) is 113 Å². The van der Waals surface area contributed by atoms with Crippen molar-refractivity contribution in [3.05, 3.63) is 47.6 Å². The molecule has 3 heterocycles. The van der Waals surface area contributed by atoms with Crippen LogP contribution < -0.4 is 0 Å². The number of esters is 1. The Morgan fingerprint density at radius 2 is 1.37 bits per heavy atom. The summed E-state index contributed by atoms with van der Waals surface area (Å²) in [6.45, 7) is 26.8. The topological polar surface area (TPSA) is 173 Å². The summed E-state index contributed by atoms with van der Waals surface area (Å²) in [7, 11) is 0.662. The monoisotopic (exact) mass is 1140 g/mol. The molecular formula is C63H107NO13Si2. The molecule has 1 unspecified atom stereocenters. The number of piperidine rings is 1. The number of allylic oxidation sites excluding steroid dienone is 6. The number of carbonyl (C=O) groups excluding carboxylic acids is 5. The van der Waals surface area contributed by atoms with Gasteiger partial charge in [0.05, 0.1) is 30.5 Å². The van der Waals surface area contributed by atoms with Crippen LogP contribution in [0.15, 0.2) is 47.6 Å². The lowest BCUT2D eigenvalue weighted by Gasteiger charge is -2.43. The van der Waals surface area contributed by atoms with E-state index >= 15 is 0 Å². The van der Waals surface area contributed by atoms with Crippen molar-refractivity contribution in [1.29, 1.82) is 0 Å². The predicted octanol–water partition coefficient (Wildman–Crippen LogP) is 12.2. The third-order valence-electron chi connectivity index (χ3n) is 19.1. The van der Waals surface area contributed by atoms with E-state index in [9.17, 15) is 29.1 Å². The molecule has 0 aromatic carbocycles. The molecule has 0 aromatic heterocycles. The fourth-order valence-corrected chi connectivity index (χ4v) is 18.7. The number of carbonyl (C=O) groups is 5. The molecule has 2 saturated heterocycles. The molecule has 79 heavy (non-hydrogen) atoms. The number of rotatable bonds is 16. The summed E-state index contributed by atoms with van der Waals surface area (Å²) in [4.78, 5) is 74.6. The van der Waals surface area contributed by atoms with Crippen molar-refractivity contribution in [1.82, 2.24) is 4.90 Å². The zero-order valence-electron chi connectivity index (χ0n) is 51.8. The zero-order valence-corrected chi connectivity index (χ0v) is 53.8. The number of hydrogen-bond donors (Lipinski definition) is 1. The van der Waals surface area contributed by atoms with Gasteiger partial charge in [0.1, 0.15) is 24.0 Å². The molecule has 0 spiro atoms. The largest absolute Gasteiger partial charge is 0.460 e. The van der Waals surface area contributed by atoms with Crippen LogP contribution in [-0.4, -0.2) is 138 Å². The molecule has 1 N–H and O–H groups in total. The number of aliphatic hydroxyl groups is 1. The van der Waals surface area contributed by atoms with Crippen molar-refractivity contribution < 1.29 is 61.6 Å². The molecule has 4 rings (SSSR count). The van der Waals surface area contributed by atoms with E-state index in [4.69, 9.17) is 32.5 Å². The highest BCUT2D eigenvalue weighted by Crippen LogP contribution is 2.40. The molecule has 1 amide bonds. The molecule has 2 bridgehead atoms. The Bertz CT molecular complexity index is 2080. The van der Waals surface area contributed by atoms with E-state index in [1.807, 2.05) is 65.0 Å². The Kier molecular flexibility index (Phi) is 28.0. The minimum atomic E-state index is -2.42. The quantitative estimate of drug-likeness (QED) is 0.0670. The molecule has 15 atom stereocenters. The van der Waals surface area contributed by atoms with Crippen LogP contribution in [0.2, 0.25) is 36.3 Å². The van der Waals surface area contributed by atoms with Gasteiger partial charge in [0.2, 0.25) is 5.79 Å². The second-order valence-corrected chi connectivity index (χ2v) is 33.7. The van der Waals surface area contributed by atoms with E-state index in [1.165, 1.54) is 4.90 Å². The highest BCUT2D eigenvalue weighted by Gasteiger charge is 2.53. The first-order chi connectivity index (χ1) is 37.5. The van der Waals surface area contributed by atoms with Gasteiger partial charge in [-0.25, -0.2) is 4.79 Å². The third kappa shape index (κ3) is 18.0. The molecule has 1 saturated carbocycles. The molecule has 3 fully saturated rings. The Labute approximate surface area is 479 Å². The summed E-state index contributed by atoms with van der Waals surface area (Å²) in [5, 5.41) is 12.1. The van der Waals surface area contributed by atoms with Gasteiger partial charge in [-0.2, -0.15) is 0 Å². The SMILES string of the molecule is CC[Si](CC)(CC)O[C@@H]1/C(C)=C/[C@@H](C)C(=O)CC([C@H](C)C[C@@H]2CC[C@@H](O[Si](CC)(CC)CC)[C@@H](OC)C2)OC(=O)[C@@H]2CCCCN2C(=O)C(=O)[C@]2(O)O[C@@H](CC[C@H]2C)C[C@H](OC)/C(C)=C/C=C/C=C/[C@@H](C)C[C@@H](C)C(=O)[C@@H]1OC. The van der Waals surface area contributed by atoms with Crippen LogP contribution >= 0.6 is 0 Å². The van der Waals surface area contributed by atoms with Gasteiger partial charge in [0.25, 0.3) is 11.7 Å². The molecule has 0 aromatic rings. The molecule has 450 valence electrons. The van der Waals surface area contributed by atoms with E-state index in [-0.39, 0.29) is 66.8 Å². The van der Waals surface area contributed by atoms with Crippen LogP contribution in [0.4, 0.5) is 0 Å². The summed E-state index contributed by atoms with van der Waals surface area (Å²) >= 11 is 0. The van der Waals surface area contributed by atoms with Crippen LogP contribution in [-0.2, 0) is 56.5 Å². The summed E-state index contributed by atoms with van der Waals surface area (Å²) < 4.78 is 45.2. The first-order valence-electron chi connectivity index (χ1n) is 30.7. The third-order valence-corrected chi connectivity index (χ3v) is 28.4. The Morgan fingerprint density at radius 3 is 1.97 bits per heavy atom. The van der Waals surface area contributed by atoms with Crippen molar-refractivity contribution >= 4 is 45.9 Å². The number of cyclic esters (lactones) is 1. The maximum absolute atomic E-state index is 14.9. The lowest BCUT2D eigenvalue weighted by Crippen LogP contribution is -2.61. The summed E-state index contributed by atoms with van der Waals surface area (Å²) in [5.74, 6) is -7.15. The smallest absolute Gasteiger partial charge is 0.329 e. The first kappa shape index (κ1) is 68.6. The number of amides is 1. The van der Waals surface area contributed by atoms with Crippen molar-refractivity contribution in [3.63, 3.8) is 0 Å². The van der Waals surface area contributed by atoms with Crippen LogP contribution in [0.25, 0.3) is 0 Å². The first-order valence-corrected chi connectivity index (χ1v) is 35.7. The fraction of sp³-hybridized carbons (Fsp3) is 0.794. The molecule has 4 aliphatic rings. The van der Waals surface area contributed by atoms with Gasteiger partial charge in [-0.15, -0.1) is 0 Å². The number of hydrogen-bond acceptors (Lipinski definition) is 13. The van der Waals surface area contributed by atoms with Crippen LogP contribution in [0.5, 0.6) is 0 Å². The summed E-state index contributed by atoms with van der Waals surface area (Å²) in [6, 6.07) is 4.59. The van der Waals surface area contributed by atoms with Crippen LogP contribution in [0, 0.1) is 35.5 Å². The normalized spacial score (nSPS) is 35.8. The summed E-state index contributed by atoms with van der Waals surface area (Å²) in [6.07, 6.45) is 14.5. The standard InChI is InChI=1S/C63H107NO13Si2/c1-17-78(18-2,19-3)76-53-34-32-49(39-56(53)72-15)38-45(10)55-41-52(65)44(9)37-47(12)58(77-79(20-4,21-5)22-6)59(73-16)57(66)46(11)36-42(7)28-24-23-25-29-43(8)54(71-14)40-50-33-31-48(13)63(70,75-50)60(67)61(68)64-35-27-26-30-51(64)62(69)74-55/h23-25,28-29,37,42,44-46,48-51,53-56,58-59,70H,17-22,26-27,30-36,38-41H2,1-16H3/b25-23+,28-24+,43-29+,47-37+/t42-,44-,45-,46-,48-,49+,50+,51+,53-,54+,55?,56+,58-,59+,63-/m1/s1. The average molecular weight is 1140 g/mol. The number of methoxy groups -OCH3 is 3. The number of fused-ring (bicyclic) bond motifs is 3. The van der Waals surface area contributed by atoms with E-state index < -0.39 is 88.5 Å². The van der Waals surface area contributed by atoms with Gasteiger partial charge in [-0.05, 0) is 143 Å². The molecular weight excluding hydrogens is 1030 g/mol. The van der Waals surface area contributed by atoms with Crippen molar-refractivity contribution in [2.75, 3.05) is 27.9 Å². The van der Waals surface area contributed by atoms with E-state index in [0.717, 1.165) is 66.7 Å². The number of ketones is 3. The van der Waals surface area contributed by atoms with Crippen molar-refractivity contribution in [3.8, 4) is 0 Å². The van der Waals surface area contributed by atoms with E-state index in [2.05, 4.69) is 54.5 Å². The maximum atomic E-state index is 14.9. The minimum absolute atomic E-state index is 0.00732. The van der Waals surface area contributed by atoms with E-state index in [1.54, 1.807) is 28.3 Å². The van der Waals surface area contributed by atoms with Crippen LogP contribution in [0.1, 0.15) is 167 Å². The van der Waals surface area contributed by atoms with Gasteiger partial charge in [0.15, 0.2) is 22.4 Å². The minimum Gasteiger partial charge on any atom is -0.460 e. The number of ether oxygens (including phenoxy) is 5. The highest BCUT2D eigenvalue weighted by atomic mass is 28.4. The van der Waals surface area contributed by atoms with Gasteiger partial charge in [0, 0.05) is 58.5 Å². The van der Waals surface area contributed by atoms with Gasteiger partial charge >= 0.3 is 5.97 Å². The Balaban J connectivity index is 1.80. The zero-order chi connectivity index (χ0) is 58.8. The maximum Gasteiger partial charge on any atom is 0.329 e. The second kappa shape index (κ2) is 32.2. The van der Waals surface area contributed by atoms with Crippen molar-refractivity contribution in [2.24, 2.45) is 35.5 Å². The van der Waals surface area contributed by atoms with Crippen molar-refractivity contribution in [2.45, 2.75) is 258 Å². The lowest BCUT2D eigenvalue weighted by molar-refractivity contribution is -0.265. The van der Waals surface area contributed by atoms with Gasteiger partial charge < -0.3 is 42.5 Å². The molecule has 16 heteroatoms. The lowest BCUT2D eigenvalue weighted by atomic mass is 9.78. The number of nitrogens with zero attached hydrogens (tertiary/aromatic N) is 1. The van der Waals surface area contributed by atoms with E-state index in [0.29, 0.717) is 44.9 Å². The molecule has 0 radical (unpaired) electrons. The Morgan fingerprint density at radius 1 is 0.722 bits per heavy atom. The number of Topliss-reactive ketones (excluding diaryl/α,β-unsaturated/α-hetero) is 3. The second-order valence-electron chi connectivity index (χ2n) is 24.3. The average Bonchev–Trinajstić information content (AvgIpc) is 3.45. The van der Waals surface area contributed by atoms with Gasteiger partial charge in [-0.3, -0.25) is 19.2 Å². The fourth-order valence-electron chi connectivity index (χ4n) is 13.0. The van der Waals surface area contributed by atoms with Crippen LogP contribution in [0.3, 0.4) is 0 Å². The molecule has 1 aliphatic carbocycles. The molecule has 14 nitrogen and oxygen atoms in total. The molecule has 3 aliphatic heterocycles.